The van der Waals surface area contributed by atoms with Crippen molar-refractivity contribution in [2.45, 2.75) is 27.2 Å². The Morgan fingerprint density at radius 2 is 1.71 bits per heavy atom. The number of aromatic nitrogens is 1. The quantitative estimate of drug-likeness (QED) is 0.797. The lowest BCUT2D eigenvalue weighted by molar-refractivity contribution is 0.0518. The minimum absolute atomic E-state index is 0.284. The van der Waals surface area contributed by atoms with Crippen molar-refractivity contribution in [2.24, 2.45) is 0 Å². The Kier molecular flexibility index (Phi) is 4.75. The largest absolute Gasteiger partial charge is 0.462 e. The molecular weight excluding hydrogens is 222 g/mol. The summed E-state index contributed by atoms with van der Waals surface area (Å²) in [5.41, 5.74) is 1.37. The number of aromatic amines is 1. The molecule has 0 saturated heterocycles. The molecule has 1 N–H and O–H groups in total. The van der Waals surface area contributed by atoms with Gasteiger partial charge >= 0.3 is 11.9 Å². The number of rotatable bonds is 5. The van der Waals surface area contributed by atoms with Gasteiger partial charge in [-0.15, -0.1) is 0 Å². The molecule has 1 aromatic rings. The zero-order chi connectivity index (χ0) is 12.8. The molecule has 0 aromatic carbocycles. The number of nitrogens with one attached hydrogen (secondary N) is 1. The third-order valence-corrected chi connectivity index (χ3v) is 2.24. The van der Waals surface area contributed by atoms with Gasteiger partial charge in [-0.25, -0.2) is 9.59 Å². The molecule has 1 rings (SSSR count). The Balaban J connectivity index is 2.98. The van der Waals surface area contributed by atoms with Crippen LogP contribution in [0.3, 0.4) is 0 Å². The van der Waals surface area contributed by atoms with Crippen LogP contribution in [0.1, 0.15) is 47.3 Å². The van der Waals surface area contributed by atoms with Crippen LogP contribution in [0.25, 0.3) is 0 Å². The number of esters is 2. The highest BCUT2D eigenvalue weighted by Gasteiger charge is 2.19. The summed E-state index contributed by atoms with van der Waals surface area (Å²) in [6.07, 6.45) is 0.619. The Labute approximate surface area is 100 Å². The van der Waals surface area contributed by atoms with E-state index in [2.05, 4.69) is 4.98 Å². The van der Waals surface area contributed by atoms with Crippen LogP contribution >= 0.6 is 0 Å². The fraction of sp³-hybridized carbons (Fsp3) is 0.500. The maximum atomic E-state index is 11.6. The number of H-pyrrole nitrogens is 1. The Morgan fingerprint density at radius 3 is 2.24 bits per heavy atom. The summed E-state index contributed by atoms with van der Waals surface area (Å²) in [7, 11) is 0. The van der Waals surface area contributed by atoms with Crippen LogP contribution in [0.5, 0.6) is 0 Å². The predicted molar refractivity (Wildman–Crippen MR) is 62.1 cm³/mol. The van der Waals surface area contributed by atoms with E-state index in [4.69, 9.17) is 9.47 Å². The number of hydrogen-bond donors (Lipinski definition) is 1. The Morgan fingerprint density at radius 1 is 1.12 bits per heavy atom. The van der Waals surface area contributed by atoms with E-state index in [1.807, 2.05) is 6.92 Å². The Hall–Kier alpha value is -1.78. The van der Waals surface area contributed by atoms with Gasteiger partial charge in [-0.05, 0) is 26.3 Å². The third kappa shape index (κ3) is 3.09. The van der Waals surface area contributed by atoms with E-state index < -0.39 is 11.9 Å². The maximum absolute atomic E-state index is 11.6. The molecule has 0 aliphatic rings. The first-order chi connectivity index (χ1) is 8.13. The summed E-state index contributed by atoms with van der Waals surface area (Å²) in [5.74, 6) is -0.881. The molecule has 0 aliphatic carbocycles. The number of hydrogen-bond acceptors (Lipinski definition) is 4. The number of carbonyl (C=O) groups is 2. The van der Waals surface area contributed by atoms with Gasteiger partial charge in [-0.1, -0.05) is 6.92 Å². The van der Waals surface area contributed by atoms with Gasteiger partial charge in [0.15, 0.2) is 0 Å². The van der Waals surface area contributed by atoms with Crippen molar-refractivity contribution in [2.75, 3.05) is 13.2 Å². The molecule has 0 unspecified atom stereocenters. The fourth-order valence-electron chi connectivity index (χ4n) is 1.49. The average molecular weight is 239 g/mol. The lowest BCUT2D eigenvalue weighted by atomic mass is 10.2. The second-order valence-corrected chi connectivity index (χ2v) is 3.37. The molecular formula is C12H17NO4. The van der Waals surface area contributed by atoms with E-state index in [0.717, 1.165) is 0 Å². The maximum Gasteiger partial charge on any atom is 0.354 e. The van der Waals surface area contributed by atoms with E-state index in [1.165, 1.54) is 6.07 Å². The van der Waals surface area contributed by atoms with Gasteiger partial charge in [0.05, 0.1) is 18.8 Å². The molecule has 0 amide bonds. The van der Waals surface area contributed by atoms with Crippen LogP contribution in [0, 0.1) is 0 Å². The monoisotopic (exact) mass is 239 g/mol. The molecule has 1 heterocycles. The van der Waals surface area contributed by atoms with Gasteiger partial charge in [0.2, 0.25) is 0 Å². The van der Waals surface area contributed by atoms with Crippen molar-refractivity contribution in [3.05, 3.63) is 23.0 Å². The molecule has 0 atom stereocenters. The molecule has 5 nitrogen and oxygen atoms in total. The lowest BCUT2D eigenvalue weighted by Gasteiger charge is -2.00. The van der Waals surface area contributed by atoms with Crippen molar-refractivity contribution < 1.29 is 19.1 Å². The van der Waals surface area contributed by atoms with E-state index in [1.54, 1.807) is 13.8 Å². The topological polar surface area (TPSA) is 68.4 Å². The van der Waals surface area contributed by atoms with Crippen LogP contribution in [0.4, 0.5) is 0 Å². The van der Waals surface area contributed by atoms with Crippen LogP contribution in [-0.4, -0.2) is 30.1 Å². The molecule has 0 fully saturated rings. The van der Waals surface area contributed by atoms with E-state index in [-0.39, 0.29) is 5.69 Å². The van der Waals surface area contributed by atoms with E-state index >= 15 is 0 Å². The van der Waals surface area contributed by atoms with Crippen molar-refractivity contribution in [3.63, 3.8) is 0 Å². The van der Waals surface area contributed by atoms with Crippen LogP contribution in [-0.2, 0) is 15.9 Å². The highest BCUT2D eigenvalue weighted by molar-refractivity contribution is 5.96. The van der Waals surface area contributed by atoms with Gasteiger partial charge in [0, 0.05) is 5.69 Å². The fourth-order valence-corrected chi connectivity index (χ4v) is 1.49. The van der Waals surface area contributed by atoms with Crippen LogP contribution < -0.4 is 0 Å². The minimum Gasteiger partial charge on any atom is -0.462 e. The molecule has 0 bridgehead atoms. The number of ether oxygens (including phenoxy) is 2. The minimum atomic E-state index is -0.460. The SMILES string of the molecule is CCOC(=O)c1cc(C(=O)OCC)c(CC)[nH]1. The van der Waals surface area contributed by atoms with Crippen molar-refractivity contribution in [3.8, 4) is 0 Å². The summed E-state index contributed by atoms with van der Waals surface area (Å²) in [5, 5.41) is 0. The molecule has 0 aliphatic heterocycles. The first kappa shape index (κ1) is 13.3. The molecule has 1 aromatic heterocycles. The van der Waals surface area contributed by atoms with Crippen LogP contribution in [0.15, 0.2) is 6.07 Å². The van der Waals surface area contributed by atoms with Gasteiger partial charge in [-0.3, -0.25) is 0 Å². The Bertz CT molecular complexity index is 409. The summed E-state index contributed by atoms with van der Waals surface area (Å²) in [4.78, 5) is 26.0. The second kappa shape index (κ2) is 6.08. The van der Waals surface area contributed by atoms with Gasteiger partial charge in [0.25, 0.3) is 0 Å². The van der Waals surface area contributed by atoms with Crippen molar-refractivity contribution in [1.29, 1.82) is 0 Å². The zero-order valence-electron chi connectivity index (χ0n) is 10.3. The average Bonchev–Trinajstić information content (AvgIpc) is 2.73. The first-order valence-electron chi connectivity index (χ1n) is 5.70. The van der Waals surface area contributed by atoms with E-state index in [9.17, 15) is 9.59 Å². The molecule has 17 heavy (non-hydrogen) atoms. The highest BCUT2D eigenvalue weighted by atomic mass is 16.5. The highest BCUT2D eigenvalue weighted by Crippen LogP contribution is 2.14. The van der Waals surface area contributed by atoms with E-state index in [0.29, 0.717) is 30.9 Å². The summed E-state index contributed by atoms with van der Waals surface area (Å²) >= 11 is 0. The molecule has 0 radical (unpaired) electrons. The normalized spacial score (nSPS) is 10.1. The zero-order valence-corrected chi connectivity index (χ0v) is 10.3. The van der Waals surface area contributed by atoms with Crippen molar-refractivity contribution >= 4 is 11.9 Å². The molecule has 5 heteroatoms. The first-order valence-corrected chi connectivity index (χ1v) is 5.70. The lowest BCUT2D eigenvalue weighted by Crippen LogP contribution is -2.06. The molecule has 0 saturated carbocycles. The van der Waals surface area contributed by atoms with Gasteiger partial charge < -0.3 is 14.5 Å². The smallest absolute Gasteiger partial charge is 0.354 e. The number of aryl methyl sites for hydroxylation is 1. The van der Waals surface area contributed by atoms with Crippen molar-refractivity contribution in [1.82, 2.24) is 4.98 Å². The summed E-state index contributed by atoms with van der Waals surface area (Å²) in [6.45, 7) is 5.97. The standard InChI is InChI=1S/C12H17NO4/c1-4-9-8(11(14)16-5-2)7-10(13-9)12(15)17-6-3/h7,13H,4-6H2,1-3H3. The molecule has 94 valence electrons. The second-order valence-electron chi connectivity index (χ2n) is 3.37. The molecule has 0 spiro atoms. The summed E-state index contributed by atoms with van der Waals surface area (Å²) in [6, 6.07) is 1.48. The predicted octanol–water partition coefficient (Wildman–Crippen LogP) is 1.93. The van der Waals surface area contributed by atoms with Gasteiger partial charge in [-0.2, -0.15) is 0 Å². The van der Waals surface area contributed by atoms with Gasteiger partial charge in [0.1, 0.15) is 5.69 Å². The number of carbonyl (C=O) groups excluding carboxylic acids is 2. The summed E-state index contributed by atoms with van der Waals surface area (Å²) < 4.78 is 9.77. The third-order valence-electron chi connectivity index (χ3n) is 2.24. The van der Waals surface area contributed by atoms with Crippen LogP contribution in [0.2, 0.25) is 0 Å².